The SMILES string of the molecule is O=S(=O)(Cc1ccc(F)cc1)N1CCC(N2CCc3ccccc3C2)C1. The minimum absolute atomic E-state index is 0.0666. The van der Waals surface area contributed by atoms with Crippen LogP contribution in [0.3, 0.4) is 0 Å². The summed E-state index contributed by atoms with van der Waals surface area (Å²) in [4.78, 5) is 2.41. The van der Waals surface area contributed by atoms with Crippen LogP contribution in [0.15, 0.2) is 48.5 Å². The molecule has 26 heavy (non-hydrogen) atoms. The van der Waals surface area contributed by atoms with Crippen molar-refractivity contribution in [2.24, 2.45) is 0 Å². The Bertz CT molecular complexity index is 883. The third kappa shape index (κ3) is 3.68. The molecule has 0 N–H and O–H groups in total. The summed E-state index contributed by atoms with van der Waals surface area (Å²) >= 11 is 0. The van der Waals surface area contributed by atoms with E-state index in [1.165, 1.54) is 23.3 Å². The second-order valence-electron chi connectivity index (χ2n) is 7.17. The summed E-state index contributed by atoms with van der Waals surface area (Å²) in [5.74, 6) is -0.416. The van der Waals surface area contributed by atoms with Crippen LogP contribution in [0.25, 0.3) is 0 Å². The van der Waals surface area contributed by atoms with E-state index in [4.69, 9.17) is 0 Å². The van der Waals surface area contributed by atoms with Crippen molar-refractivity contribution in [1.29, 1.82) is 0 Å². The highest BCUT2D eigenvalue weighted by molar-refractivity contribution is 7.88. The van der Waals surface area contributed by atoms with Gasteiger partial charge in [-0.05, 0) is 41.7 Å². The smallest absolute Gasteiger partial charge is 0.218 e. The Labute approximate surface area is 154 Å². The minimum atomic E-state index is -3.37. The zero-order valence-corrected chi connectivity index (χ0v) is 15.5. The number of fused-ring (bicyclic) bond motifs is 1. The predicted molar refractivity (Wildman–Crippen MR) is 99.6 cm³/mol. The summed E-state index contributed by atoms with van der Waals surface area (Å²) in [5.41, 5.74) is 3.38. The number of benzene rings is 2. The first kappa shape index (κ1) is 17.6. The largest absolute Gasteiger partial charge is 0.294 e. The minimum Gasteiger partial charge on any atom is -0.294 e. The molecule has 2 aliphatic heterocycles. The molecule has 4 rings (SSSR count). The van der Waals surface area contributed by atoms with Crippen LogP contribution in [-0.2, 0) is 28.7 Å². The molecule has 1 unspecified atom stereocenters. The molecule has 2 aromatic rings. The van der Waals surface area contributed by atoms with Crippen molar-refractivity contribution in [3.63, 3.8) is 0 Å². The fraction of sp³-hybridized carbons (Fsp3) is 0.400. The molecule has 1 saturated heterocycles. The number of sulfonamides is 1. The fourth-order valence-electron chi connectivity index (χ4n) is 3.97. The Morgan fingerprint density at radius 2 is 1.73 bits per heavy atom. The summed E-state index contributed by atoms with van der Waals surface area (Å²) in [6.45, 7) is 2.98. The number of hydrogen-bond acceptors (Lipinski definition) is 3. The molecule has 0 aromatic heterocycles. The third-order valence-electron chi connectivity index (χ3n) is 5.46. The van der Waals surface area contributed by atoms with E-state index in [1.54, 1.807) is 16.4 Å². The Kier molecular flexibility index (Phi) is 4.82. The maximum Gasteiger partial charge on any atom is 0.218 e. The number of rotatable bonds is 4. The number of nitrogens with zero attached hydrogens (tertiary/aromatic N) is 2. The summed E-state index contributed by atoms with van der Waals surface area (Å²) in [6.07, 6.45) is 1.89. The van der Waals surface area contributed by atoms with E-state index in [0.717, 1.165) is 25.9 Å². The first-order chi connectivity index (χ1) is 12.5. The van der Waals surface area contributed by atoms with Crippen LogP contribution < -0.4 is 0 Å². The zero-order valence-electron chi connectivity index (χ0n) is 14.6. The highest BCUT2D eigenvalue weighted by atomic mass is 32.2. The number of halogens is 1. The van der Waals surface area contributed by atoms with Crippen LogP contribution in [0.4, 0.5) is 4.39 Å². The first-order valence-corrected chi connectivity index (χ1v) is 10.7. The summed E-state index contributed by atoms with van der Waals surface area (Å²) in [6, 6.07) is 14.5. The van der Waals surface area contributed by atoms with Crippen molar-refractivity contribution >= 4 is 10.0 Å². The van der Waals surface area contributed by atoms with Gasteiger partial charge < -0.3 is 0 Å². The average molecular weight is 374 g/mol. The van der Waals surface area contributed by atoms with Gasteiger partial charge in [0.2, 0.25) is 10.0 Å². The molecule has 0 saturated carbocycles. The third-order valence-corrected chi connectivity index (χ3v) is 7.27. The van der Waals surface area contributed by atoms with E-state index in [9.17, 15) is 12.8 Å². The standard InChI is InChI=1S/C20H23FN2O2S/c21-19-7-5-16(6-8-19)15-26(24,25)23-12-10-20(14-23)22-11-9-17-3-1-2-4-18(17)13-22/h1-8,20H,9-15H2. The van der Waals surface area contributed by atoms with Gasteiger partial charge in [0.1, 0.15) is 5.82 Å². The van der Waals surface area contributed by atoms with Crippen molar-refractivity contribution in [3.8, 4) is 0 Å². The lowest BCUT2D eigenvalue weighted by Crippen LogP contribution is -2.41. The maximum atomic E-state index is 13.0. The lowest BCUT2D eigenvalue weighted by Gasteiger charge is -2.33. The van der Waals surface area contributed by atoms with Gasteiger partial charge in [-0.2, -0.15) is 0 Å². The lowest BCUT2D eigenvalue weighted by molar-refractivity contribution is 0.185. The molecule has 2 heterocycles. The van der Waals surface area contributed by atoms with Crippen molar-refractivity contribution in [3.05, 3.63) is 71.0 Å². The second kappa shape index (κ2) is 7.10. The van der Waals surface area contributed by atoms with Crippen LogP contribution in [0.2, 0.25) is 0 Å². The Balaban J connectivity index is 1.41. The molecule has 138 valence electrons. The van der Waals surface area contributed by atoms with Crippen LogP contribution in [-0.4, -0.2) is 43.3 Å². The van der Waals surface area contributed by atoms with Crippen molar-refractivity contribution < 1.29 is 12.8 Å². The van der Waals surface area contributed by atoms with E-state index in [2.05, 4.69) is 29.2 Å². The topological polar surface area (TPSA) is 40.6 Å². The summed E-state index contributed by atoms with van der Waals surface area (Å²) in [7, 11) is -3.37. The molecular weight excluding hydrogens is 351 g/mol. The van der Waals surface area contributed by atoms with Crippen molar-refractivity contribution in [1.82, 2.24) is 9.21 Å². The normalized spacial score (nSPS) is 21.7. The monoisotopic (exact) mass is 374 g/mol. The van der Waals surface area contributed by atoms with Crippen molar-refractivity contribution in [2.75, 3.05) is 19.6 Å². The molecular formula is C20H23FN2O2S. The van der Waals surface area contributed by atoms with Crippen LogP contribution in [0, 0.1) is 5.82 Å². The molecule has 2 aliphatic rings. The van der Waals surface area contributed by atoms with Gasteiger partial charge in [-0.15, -0.1) is 0 Å². The Hall–Kier alpha value is -1.76. The molecule has 4 nitrogen and oxygen atoms in total. The highest BCUT2D eigenvalue weighted by Crippen LogP contribution is 2.26. The second-order valence-corrected chi connectivity index (χ2v) is 9.14. The van der Waals surface area contributed by atoms with Gasteiger partial charge in [0.05, 0.1) is 5.75 Å². The van der Waals surface area contributed by atoms with Crippen LogP contribution in [0.5, 0.6) is 0 Å². The highest BCUT2D eigenvalue weighted by Gasteiger charge is 2.35. The summed E-state index contributed by atoms with van der Waals surface area (Å²) < 4.78 is 40.1. The van der Waals surface area contributed by atoms with Crippen molar-refractivity contribution in [2.45, 2.75) is 31.2 Å². The Morgan fingerprint density at radius 3 is 2.50 bits per heavy atom. The maximum absolute atomic E-state index is 13.0. The average Bonchev–Trinajstić information content (AvgIpc) is 3.14. The predicted octanol–water partition coefficient (Wildman–Crippen LogP) is 2.79. The molecule has 0 aliphatic carbocycles. The molecule has 1 fully saturated rings. The molecule has 0 radical (unpaired) electrons. The van der Waals surface area contributed by atoms with Gasteiger partial charge >= 0.3 is 0 Å². The van der Waals surface area contributed by atoms with Gasteiger partial charge in [0.25, 0.3) is 0 Å². The summed E-state index contributed by atoms with van der Waals surface area (Å²) in [5, 5.41) is 0. The van der Waals surface area contributed by atoms with Crippen LogP contribution in [0.1, 0.15) is 23.1 Å². The van der Waals surface area contributed by atoms with E-state index >= 15 is 0 Å². The van der Waals surface area contributed by atoms with E-state index in [1.807, 2.05) is 0 Å². The lowest BCUT2D eigenvalue weighted by atomic mass is 9.98. The molecule has 2 aromatic carbocycles. The fourth-order valence-corrected chi connectivity index (χ4v) is 5.55. The Morgan fingerprint density at radius 1 is 1.00 bits per heavy atom. The van der Waals surface area contributed by atoms with Crippen LogP contribution >= 0.6 is 0 Å². The molecule has 1 atom stereocenters. The molecule has 6 heteroatoms. The van der Waals surface area contributed by atoms with Gasteiger partial charge in [-0.3, -0.25) is 4.90 Å². The zero-order chi connectivity index (χ0) is 18.1. The van der Waals surface area contributed by atoms with Gasteiger partial charge in [0.15, 0.2) is 0 Å². The number of hydrogen-bond donors (Lipinski definition) is 0. The molecule has 0 amide bonds. The first-order valence-electron chi connectivity index (χ1n) is 9.04. The van der Waals surface area contributed by atoms with Gasteiger partial charge in [-0.25, -0.2) is 17.1 Å². The van der Waals surface area contributed by atoms with Gasteiger partial charge in [0, 0.05) is 32.2 Å². The van der Waals surface area contributed by atoms with E-state index < -0.39 is 10.0 Å². The van der Waals surface area contributed by atoms with E-state index in [-0.39, 0.29) is 17.6 Å². The van der Waals surface area contributed by atoms with Gasteiger partial charge in [-0.1, -0.05) is 36.4 Å². The molecule has 0 spiro atoms. The van der Waals surface area contributed by atoms with E-state index in [0.29, 0.717) is 18.7 Å². The molecule has 0 bridgehead atoms. The quantitative estimate of drug-likeness (QED) is 0.826.